The number of fused-ring (bicyclic) bond motifs is 9. The van der Waals surface area contributed by atoms with Crippen molar-refractivity contribution in [2.24, 2.45) is 0 Å². The predicted molar refractivity (Wildman–Crippen MR) is 153 cm³/mol. The minimum Gasteiger partial charge on any atom is -0.456 e. The van der Waals surface area contributed by atoms with E-state index in [1.165, 1.54) is 71.3 Å². The van der Waals surface area contributed by atoms with E-state index in [0.717, 1.165) is 11.2 Å². The molecular formula is C33H24BNO. The maximum atomic E-state index is 6.53. The van der Waals surface area contributed by atoms with E-state index >= 15 is 0 Å². The van der Waals surface area contributed by atoms with Crippen molar-refractivity contribution < 1.29 is 4.42 Å². The summed E-state index contributed by atoms with van der Waals surface area (Å²) in [6.07, 6.45) is 0. The molecule has 2 aromatic heterocycles. The maximum Gasteiger partial charge on any atom is 0.247 e. The van der Waals surface area contributed by atoms with Crippen molar-refractivity contribution >= 4 is 66.8 Å². The first-order valence-corrected chi connectivity index (χ1v) is 12.7. The molecule has 170 valence electrons. The smallest absolute Gasteiger partial charge is 0.247 e. The van der Waals surface area contributed by atoms with E-state index in [-0.39, 0.29) is 6.71 Å². The first kappa shape index (κ1) is 20.0. The van der Waals surface area contributed by atoms with Gasteiger partial charge in [0.05, 0.1) is 11.0 Å². The van der Waals surface area contributed by atoms with Crippen LogP contribution in [-0.2, 0) is 0 Å². The molecule has 3 heterocycles. The summed E-state index contributed by atoms with van der Waals surface area (Å²) in [4.78, 5) is 0. The summed E-state index contributed by atoms with van der Waals surface area (Å²) in [6.45, 7) is 6.85. The van der Waals surface area contributed by atoms with E-state index in [1.54, 1.807) is 0 Å². The molecule has 7 aromatic rings. The van der Waals surface area contributed by atoms with Gasteiger partial charge in [-0.15, -0.1) is 0 Å². The highest BCUT2D eigenvalue weighted by Crippen LogP contribution is 2.41. The van der Waals surface area contributed by atoms with Crippen LogP contribution in [0.4, 0.5) is 0 Å². The summed E-state index contributed by atoms with van der Waals surface area (Å²) in [5.74, 6) is 0. The van der Waals surface area contributed by atoms with Gasteiger partial charge in [-0.1, -0.05) is 88.9 Å². The maximum absolute atomic E-state index is 6.53. The molecule has 5 aromatic carbocycles. The second-order valence-corrected chi connectivity index (χ2v) is 10.3. The van der Waals surface area contributed by atoms with E-state index in [4.69, 9.17) is 4.42 Å². The van der Waals surface area contributed by atoms with Crippen LogP contribution in [0, 0.1) is 20.8 Å². The number of aryl methyl sites for hydroxylation is 3. The molecule has 36 heavy (non-hydrogen) atoms. The first-order valence-electron chi connectivity index (χ1n) is 12.7. The molecule has 0 radical (unpaired) electrons. The zero-order valence-electron chi connectivity index (χ0n) is 20.6. The summed E-state index contributed by atoms with van der Waals surface area (Å²) in [5.41, 5.74) is 13.8. The summed E-state index contributed by atoms with van der Waals surface area (Å²) >= 11 is 0. The average Bonchev–Trinajstić information content (AvgIpc) is 3.41. The fraction of sp³-hybridized carbons (Fsp3) is 0.0909. The highest BCUT2D eigenvalue weighted by atomic mass is 16.3. The number of aromatic nitrogens is 1. The lowest BCUT2D eigenvalue weighted by Crippen LogP contribution is -2.57. The molecule has 2 nitrogen and oxygen atoms in total. The van der Waals surface area contributed by atoms with Gasteiger partial charge in [-0.3, -0.25) is 0 Å². The normalized spacial score (nSPS) is 12.8. The number of hydrogen-bond acceptors (Lipinski definition) is 1. The number of furan rings is 1. The van der Waals surface area contributed by atoms with Crippen molar-refractivity contribution in [3.63, 3.8) is 0 Å². The van der Waals surface area contributed by atoms with E-state index in [1.807, 2.05) is 0 Å². The molecule has 0 spiro atoms. The van der Waals surface area contributed by atoms with Crippen LogP contribution in [0.15, 0.2) is 95.4 Å². The van der Waals surface area contributed by atoms with Crippen LogP contribution in [0.5, 0.6) is 0 Å². The van der Waals surface area contributed by atoms with Crippen molar-refractivity contribution in [2.45, 2.75) is 20.8 Å². The molecule has 0 unspecified atom stereocenters. The summed E-state index contributed by atoms with van der Waals surface area (Å²) in [5, 5.41) is 4.97. The first-order chi connectivity index (χ1) is 17.6. The van der Waals surface area contributed by atoms with Gasteiger partial charge in [0.15, 0.2) is 0 Å². The molecule has 0 aliphatic carbocycles. The molecular weight excluding hydrogens is 437 g/mol. The molecule has 8 rings (SSSR count). The number of para-hydroxylation sites is 3. The molecule has 0 atom stereocenters. The third kappa shape index (κ3) is 2.43. The molecule has 1 aliphatic heterocycles. The SMILES string of the molecule is Cc1cc(C)c(B2c3ccccc3-n3c4ccccc4c4c5c(cc2c43)oc2ccccc25)c(C)c1. The number of benzene rings is 5. The Labute approximate surface area is 209 Å². The van der Waals surface area contributed by atoms with Crippen LogP contribution in [0.2, 0.25) is 0 Å². The number of hydrogen-bond donors (Lipinski definition) is 0. The zero-order chi connectivity index (χ0) is 24.1. The van der Waals surface area contributed by atoms with Crippen molar-refractivity contribution in [3.8, 4) is 5.69 Å². The molecule has 0 bridgehead atoms. The van der Waals surface area contributed by atoms with Gasteiger partial charge < -0.3 is 8.98 Å². The topological polar surface area (TPSA) is 18.1 Å². The van der Waals surface area contributed by atoms with Gasteiger partial charge >= 0.3 is 0 Å². The van der Waals surface area contributed by atoms with E-state index in [9.17, 15) is 0 Å². The van der Waals surface area contributed by atoms with Crippen LogP contribution in [0.1, 0.15) is 16.7 Å². The standard InChI is InChI=1S/C33H24BNO/c1-19-16-20(2)32(21(3)17-19)34-24-12-6-8-14-27(24)35-26-13-7-4-10-22(26)31-30-23-11-5-9-15-28(23)36-29(30)18-25(34)33(31)35/h4-18H,1-3H3. The van der Waals surface area contributed by atoms with Crippen molar-refractivity contribution in [2.75, 3.05) is 0 Å². The van der Waals surface area contributed by atoms with Gasteiger partial charge in [-0.25, -0.2) is 0 Å². The predicted octanol–water partition coefficient (Wildman–Crippen LogP) is 6.44. The van der Waals surface area contributed by atoms with E-state index < -0.39 is 0 Å². The lowest BCUT2D eigenvalue weighted by molar-refractivity contribution is 0.669. The van der Waals surface area contributed by atoms with Gasteiger partial charge in [0.1, 0.15) is 11.2 Å². The molecule has 0 saturated carbocycles. The Morgan fingerprint density at radius 3 is 2.17 bits per heavy atom. The number of nitrogens with zero attached hydrogens (tertiary/aromatic N) is 1. The Hall–Kier alpha value is -4.24. The fourth-order valence-electron chi connectivity index (χ4n) is 6.93. The van der Waals surface area contributed by atoms with Gasteiger partial charge in [-0.05, 0) is 56.0 Å². The third-order valence-electron chi connectivity index (χ3n) is 8.13. The third-order valence-corrected chi connectivity index (χ3v) is 8.13. The second kappa shape index (κ2) is 6.92. The summed E-state index contributed by atoms with van der Waals surface area (Å²) in [6, 6.07) is 33.2. The van der Waals surface area contributed by atoms with Crippen molar-refractivity contribution in [3.05, 3.63) is 108 Å². The monoisotopic (exact) mass is 461 g/mol. The summed E-state index contributed by atoms with van der Waals surface area (Å²) < 4.78 is 9.02. The molecule has 3 heteroatoms. The van der Waals surface area contributed by atoms with Crippen LogP contribution in [0.3, 0.4) is 0 Å². The van der Waals surface area contributed by atoms with Crippen molar-refractivity contribution in [1.29, 1.82) is 0 Å². The Bertz CT molecular complexity index is 2020. The van der Waals surface area contributed by atoms with Crippen LogP contribution in [0.25, 0.3) is 49.4 Å². The Kier molecular flexibility index (Phi) is 3.85. The van der Waals surface area contributed by atoms with Gasteiger partial charge in [0.25, 0.3) is 0 Å². The number of rotatable bonds is 1. The highest BCUT2D eigenvalue weighted by Gasteiger charge is 2.36. The van der Waals surface area contributed by atoms with E-state index in [2.05, 4.69) is 116 Å². The minimum absolute atomic E-state index is 0.138. The Balaban J connectivity index is 1.66. The quantitative estimate of drug-likeness (QED) is 0.258. The summed E-state index contributed by atoms with van der Waals surface area (Å²) in [7, 11) is 0. The largest absolute Gasteiger partial charge is 0.456 e. The van der Waals surface area contributed by atoms with Crippen molar-refractivity contribution in [1.82, 2.24) is 4.57 Å². The molecule has 1 aliphatic rings. The molecule has 0 fully saturated rings. The highest BCUT2D eigenvalue weighted by molar-refractivity contribution is 6.98. The second-order valence-electron chi connectivity index (χ2n) is 10.3. The Morgan fingerprint density at radius 2 is 1.33 bits per heavy atom. The van der Waals surface area contributed by atoms with Crippen LogP contribution in [-0.4, -0.2) is 11.3 Å². The van der Waals surface area contributed by atoms with E-state index in [0.29, 0.717) is 0 Å². The van der Waals surface area contributed by atoms with Crippen LogP contribution >= 0.6 is 0 Å². The molecule has 0 N–H and O–H groups in total. The molecule has 0 saturated heterocycles. The lowest BCUT2D eigenvalue weighted by atomic mass is 9.34. The molecule has 0 amide bonds. The minimum atomic E-state index is 0.138. The zero-order valence-corrected chi connectivity index (χ0v) is 20.6. The van der Waals surface area contributed by atoms with Gasteiger partial charge in [0, 0.05) is 27.2 Å². The Morgan fingerprint density at radius 1 is 0.639 bits per heavy atom. The van der Waals surface area contributed by atoms with Gasteiger partial charge in [-0.2, -0.15) is 0 Å². The average molecular weight is 461 g/mol. The lowest BCUT2D eigenvalue weighted by Gasteiger charge is -2.29. The van der Waals surface area contributed by atoms with Crippen LogP contribution < -0.4 is 16.4 Å². The van der Waals surface area contributed by atoms with Gasteiger partial charge in [0.2, 0.25) is 6.71 Å². The fourth-order valence-corrected chi connectivity index (χ4v) is 6.93.